The normalized spacial score (nSPS) is 10.2. The molecule has 0 aliphatic heterocycles. The summed E-state index contributed by atoms with van der Waals surface area (Å²) in [6, 6.07) is 8.10. The number of carbonyl (C=O) groups is 1. The molecule has 0 aromatic heterocycles. The summed E-state index contributed by atoms with van der Waals surface area (Å²) in [6.07, 6.45) is 0. The Labute approximate surface area is 145 Å². The van der Waals surface area contributed by atoms with Gasteiger partial charge in [0, 0.05) is 0 Å². The molecule has 2 rings (SSSR count). The molecule has 132 valence electrons. The maximum Gasteiger partial charge on any atom is 0.296 e. The van der Waals surface area contributed by atoms with Gasteiger partial charge in [0.2, 0.25) is 0 Å². The second-order valence-electron chi connectivity index (χ2n) is 5.68. The summed E-state index contributed by atoms with van der Waals surface area (Å²) in [5.74, 6) is 0.482. The lowest BCUT2D eigenvalue weighted by Gasteiger charge is -2.12. The molecular weight excluding hydrogens is 324 g/mol. The number of anilines is 1. The van der Waals surface area contributed by atoms with Crippen LogP contribution in [0.25, 0.3) is 0 Å². The Kier molecular flexibility index (Phi) is 5.59. The number of nitrogens with zero attached hydrogens (tertiary/aromatic N) is 1. The summed E-state index contributed by atoms with van der Waals surface area (Å²) in [5.41, 5.74) is 2.91. The fourth-order valence-corrected chi connectivity index (χ4v) is 2.38. The van der Waals surface area contributed by atoms with E-state index in [1.54, 1.807) is 0 Å². The van der Waals surface area contributed by atoms with Crippen LogP contribution in [0.15, 0.2) is 30.3 Å². The van der Waals surface area contributed by atoms with E-state index in [1.165, 1.54) is 25.3 Å². The Hall–Kier alpha value is -3.09. The van der Waals surface area contributed by atoms with Crippen LogP contribution in [0.1, 0.15) is 16.7 Å². The summed E-state index contributed by atoms with van der Waals surface area (Å²) in [5, 5.41) is 13.6. The number of rotatable bonds is 6. The van der Waals surface area contributed by atoms with Gasteiger partial charge in [-0.15, -0.1) is 0 Å². The monoisotopic (exact) mass is 344 g/mol. The van der Waals surface area contributed by atoms with Gasteiger partial charge in [0.25, 0.3) is 11.6 Å². The standard InChI is InChI=1S/C18H20N2O5/c1-11-7-12(2)13(3)17(8-11)25-10-18(21)19-15-6-5-14(24-4)9-16(15)20(22)23/h5-9H,10H2,1-4H3,(H,19,21). The summed E-state index contributed by atoms with van der Waals surface area (Å²) < 4.78 is 10.5. The molecule has 0 unspecified atom stereocenters. The first-order chi connectivity index (χ1) is 11.8. The van der Waals surface area contributed by atoms with E-state index in [2.05, 4.69) is 5.32 Å². The SMILES string of the molecule is COc1ccc(NC(=O)COc2cc(C)cc(C)c2C)c([N+](=O)[O-])c1. The molecule has 0 atom stereocenters. The highest BCUT2D eigenvalue weighted by atomic mass is 16.6. The van der Waals surface area contributed by atoms with Crippen molar-refractivity contribution < 1.29 is 19.2 Å². The molecule has 25 heavy (non-hydrogen) atoms. The number of hydrogen-bond donors (Lipinski definition) is 1. The van der Waals surface area contributed by atoms with Gasteiger partial charge in [-0.25, -0.2) is 0 Å². The zero-order valence-electron chi connectivity index (χ0n) is 14.6. The predicted octanol–water partition coefficient (Wildman–Crippen LogP) is 3.55. The Morgan fingerprint density at radius 2 is 1.92 bits per heavy atom. The van der Waals surface area contributed by atoms with Gasteiger partial charge in [-0.2, -0.15) is 0 Å². The largest absolute Gasteiger partial charge is 0.496 e. The van der Waals surface area contributed by atoms with Crippen LogP contribution in [0.2, 0.25) is 0 Å². The van der Waals surface area contributed by atoms with Crippen LogP contribution in [0.4, 0.5) is 11.4 Å². The first kappa shape index (κ1) is 18.3. The number of nitro groups is 1. The van der Waals surface area contributed by atoms with Crippen molar-refractivity contribution in [2.45, 2.75) is 20.8 Å². The first-order valence-electron chi connectivity index (χ1n) is 7.64. The van der Waals surface area contributed by atoms with Gasteiger partial charge >= 0.3 is 0 Å². The van der Waals surface area contributed by atoms with E-state index in [-0.39, 0.29) is 18.0 Å². The molecule has 0 heterocycles. The Bertz CT molecular complexity index is 817. The van der Waals surface area contributed by atoms with Crippen molar-refractivity contribution in [2.24, 2.45) is 0 Å². The number of nitrogens with one attached hydrogen (secondary N) is 1. The van der Waals surface area contributed by atoms with Crippen molar-refractivity contribution in [3.8, 4) is 11.5 Å². The summed E-state index contributed by atoms with van der Waals surface area (Å²) >= 11 is 0. The second-order valence-corrected chi connectivity index (χ2v) is 5.68. The molecule has 0 spiro atoms. The average Bonchev–Trinajstić information content (AvgIpc) is 2.56. The molecule has 0 saturated heterocycles. The van der Waals surface area contributed by atoms with Crippen LogP contribution in [-0.4, -0.2) is 24.5 Å². The van der Waals surface area contributed by atoms with Crippen molar-refractivity contribution >= 4 is 17.3 Å². The molecule has 1 amide bonds. The number of methoxy groups -OCH3 is 1. The second kappa shape index (κ2) is 7.65. The summed E-state index contributed by atoms with van der Waals surface area (Å²) in [6.45, 7) is 5.58. The maximum atomic E-state index is 12.1. The van der Waals surface area contributed by atoms with Gasteiger partial charge in [0.1, 0.15) is 17.2 Å². The molecule has 0 bridgehead atoms. The molecule has 0 radical (unpaired) electrons. The fraction of sp³-hybridized carbons (Fsp3) is 0.278. The highest BCUT2D eigenvalue weighted by molar-refractivity contribution is 5.94. The number of amides is 1. The lowest BCUT2D eigenvalue weighted by molar-refractivity contribution is -0.384. The molecule has 0 aliphatic carbocycles. The van der Waals surface area contributed by atoms with Gasteiger partial charge in [0.15, 0.2) is 6.61 Å². The van der Waals surface area contributed by atoms with Crippen molar-refractivity contribution in [2.75, 3.05) is 19.0 Å². The molecule has 7 nitrogen and oxygen atoms in total. The molecule has 1 N–H and O–H groups in total. The van der Waals surface area contributed by atoms with Crippen molar-refractivity contribution in [3.05, 3.63) is 57.1 Å². The van der Waals surface area contributed by atoms with Crippen LogP contribution in [0.5, 0.6) is 11.5 Å². The Morgan fingerprint density at radius 1 is 1.20 bits per heavy atom. The number of hydrogen-bond acceptors (Lipinski definition) is 5. The molecule has 2 aromatic carbocycles. The van der Waals surface area contributed by atoms with Crippen LogP contribution in [0.3, 0.4) is 0 Å². The zero-order chi connectivity index (χ0) is 18.6. The third kappa shape index (κ3) is 4.47. The zero-order valence-corrected chi connectivity index (χ0v) is 14.6. The lowest BCUT2D eigenvalue weighted by atomic mass is 10.1. The molecule has 0 saturated carbocycles. The van der Waals surface area contributed by atoms with Crippen molar-refractivity contribution in [1.29, 1.82) is 0 Å². The number of aryl methyl sites for hydroxylation is 2. The Morgan fingerprint density at radius 3 is 2.56 bits per heavy atom. The number of benzene rings is 2. The van der Waals surface area contributed by atoms with Crippen molar-refractivity contribution in [3.63, 3.8) is 0 Å². The minimum Gasteiger partial charge on any atom is -0.496 e. The van der Waals surface area contributed by atoms with Gasteiger partial charge < -0.3 is 14.8 Å². The molecule has 0 fully saturated rings. The molecule has 2 aromatic rings. The van der Waals surface area contributed by atoms with Crippen LogP contribution >= 0.6 is 0 Å². The molecular formula is C18H20N2O5. The smallest absolute Gasteiger partial charge is 0.296 e. The predicted molar refractivity (Wildman–Crippen MR) is 94.4 cm³/mol. The Balaban J connectivity index is 2.10. The van der Waals surface area contributed by atoms with Gasteiger partial charge in [-0.05, 0) is 55.7 Å². The molecule has 0 aliphatic rings. The number of carbonyl (C=O) groups excluding carboxylic acids is 1. The van der Waals surface area contributed by atoms with Gasteiger partial charge in [-0.3, -0.25) is 14.9 Å². The highest BCUT2D eigenvalue weighted by Crippen LogP contribution is 2.29. The van der Waals surface area contributed by atoms with E-state index in [0.29, 0.717) is 11.5 Å². The van der Waals surface area contributed by atoms with Crippen LogP contribution in [-0.2, 0) is 4.79 Å². The topological polar surface area (TPSA) is 90.7 Å². The van der Waals surface area contributed by atoms with Gasteiger partial charge in [0.05, 0.1) is 18.1 Å². The average molecular weight is 344 g/mol. The summed E-state index contributed by atoms with van der Waals surface area (Å²) in [7, 11) is 1.41. The van der Waals surface area contributed by atoms with E-state index < -0.39 is 10.8 Å². The van der Waals surface area contributed by atoms with E-state index >= 15 is 0 Å². The quantitative estimate of drug-likeness (QED) is 0.639. The fourth-order valence-electron chi connectivity index (χ4n) is 2.38. The minimum absolute atomic E-state index is 0.0940. The van der Waals surface area contributed by atoms with Crippen LogP contribution < -0.4 is 14.8 Å². The van der Waals surface area contributed by atoms with E-state index in [4.69, 9.17) is 9.47 Å². The van der Waals surface area contributed by atoms with E-state index in [1.807, 2.05) is 32.9 Å². The summed E-state index contributed by atoms with van der Waals surface area (Å²) in [4.78, 5) is 22.7. The number of nitro benzene ring substituents is 1. The van der Waals surface area contributed by atoms with E-state index in [0.717, 1.165) is 16.7 Å². The highest BCUT2D eigenvalue weighted by Gasteiger charge is 2.17. The lowest BCUT2D eigenvalue weighted by Crippen LogP contribution is -2.21. The third-order valence-corrected chi connectivity index (χ3v) is 3.80. The van der Waals surface area contributed by atoms with Crippen molar-refractivity contribution in [1.82, 2.24) is 0 Å². The maximum absolute atomic E-state index is 12.1. The minimum atomic E-state index is -0.576. The van der Waals surface area contributed by atoms with Gasteiger partial charge in [-0.1, -0.05) is 6.07 Å². The van der Waals surface area contributed by atoms with Crippen LogP contribution in [0, 0.1) is 30.9 Å². The number of ether oxygens (including phenoxy) is 2. The third-order valence-electron chi connectivity index (χ3n) is 3.80. The first-order valence-corrected chi connectivity index (χ1v) is 7.64. The van der Waals surface area contributed by atoms with E-state index in [9.17, 15) is 14.9 Å². The molecule has 7 heteroatoms.